The Morgan fingerprint density at radius 1 is 0.750 bits per heavy atom. The van der Waals surface area contributed by atoms with Crippen molar-refractivity contribution in [2.75, 3.05) is 0 Å². The van der Waals surface area contributed by atoms with E-state index in [0.29, 0.717) is 17.3 Å². The van der Waals surface area contributed by atoms with E-state index in [9.17, 15) is 0 Å². The minimum Gasteiger partial charge on any atom is -0.416 e. The molecule has 4 aromatic rings. The fourth-order valence-electron chi connectivity index (χ4n) is 2.66. The van der Waals surface area contributed by atoms with Crippen LogP contribution in [-0.2, 0) is 0 Å². The molecular weight excluding hydrogens is 304 g/mol. The van der Waals surface area contributed by atoms with E-state index in [4.69, 9.17) is 14.6 Å². The van der Waals surface area contributed by atoms with Gasteiger partial charge in [-0.2, -0.15) is 0 Å². The van der Waals surface area contributed by atoms with Crippen molar-refractivity contribution in [2.24, 2.45) is 0 Å². The number of rotatable bonds is 3. The summed E-state index contributed by atoms with van der Waals surface area (Å²) in [7, 11) is 0. The molecule has 1 heterocycles. The minimum atomic E-state index is -1.49. The van der Waals surface area contributed by atoms with Crippen LogP contribution >= 0.6 is 0 Å². The Kier molecular flexibility index (Phi) is 3.57. The summed E-state index contributed by atoms with van der Waals surface area (Å²) in [6.07, 6.45) is -1.49. The van der Waals surface area contributed by atoms with E-state index in [0.717, 1.165) is 21.9 Å². The molecule has 0 aliphatic heterocycles. The molecule has 0 aliphatic rings. The first-order valence-corrected chi connectivity index (χ1v) is 7.50. The third kappa shape index (κ3) is 2.56. The summed E-state index contributed by atoms with van der Waals surface area (Å²) in [5.74, 6) is 0.838. The van der Waals surface area contributed by atoms with Gasteiger partial charge in [-0.25, -0.2) is 0 Å². The van der Waals surface area contributed by atoms with Crippen LogP contribution in [0.3, 0.4) is 0 Å². The third-order valence-electron chi connectivity index (χ3n) is 3.90. The minimum absolute atomic E-state index is 0.386. The first-order chi connectivity index (χ1) is 11.7. The maximum absolute atomic E-state index is 9.14. The first-order valence-electron chi connectivity index (χ1n) is 7.50. The predicted molar refractivity (Wildman–Crippen MR) is 89.9 cm³/mol. The van der Waals surface area contributed by atoms with E-state index in [2.05, 4.69) is 10.2 Å². The summed E-state index contributed by atoms with van der Waals surface area (Å²) in [5, 5.41) is 28.7. The number of benzene rings is 3. The van der Waals surface area contributed by atoms with Gasteiger partial charge in [0.05, 0.1) is 0 Å². The molecule has 3 aromatic carbocycles. The molecule has 2 N–H and O–H groups in total. The van der Waals surface area contributed by atoms with Crippen LogP contribution in [-0.4, -0.2) is 20.4 Å². The molecule has 0 spiro atoms. The Morgan fingerprint density at radius 2 is 1.46 bits per heavy atom. The van der Waals surface area contributed by atoms with Crippen molar-refractivity contribution < 1.29 is 14.6 Å². The van der Waals surface area contributed by atoms with Crippen molar-refractivity contribution in [1.29, 1.82) is 0 Å². The summed E-state index contributed by atoms with van der Waals surface area (Å²) >= 11 is 0. The zero-order valence-corrected chi connectivity index (χ0v) is 12.6. The van der Waals surface area contributed by atoms with Gasteiger partial charge in [0.2, 0.25) is 11.8 Å². The predicted octanol–water partition coefficient (Wildman–Crippen LogP) is 3.54. The summed E-state index contributed by atoms with van der Waals surface area (Å²) in [6, 6.07) is 20.6. The molecule has 5 heteroatoms. The smallest absolute Gasteiger partial charge is 0.248 e. The van der Waals surface area contributed by atoms with E-state index in [1.165, 1.54) is 0 Å². The average Bonchev–Trinajstić information content (AvgIpc) is 3.11. The molecule has 0 bridgehead atoms. The van der Waals surface area contributed by atoms with Gasteiger partial charge in [-0.3, -0.25) is 0 Å². The van der Waals surface area contributed by atoms with Gasteiger partial charge in [0, 0.05) is 16.7 Å². The lowest BCUT2D eigenvalue weighted by atomic mass is 10.0. The molecule has 0 unspecified atom stereocenters. The molecule has 0 amide bonds. The number of hydrogen-bond donors (Lipinski definition) is 2. The van der Waals surface area contributed by atoms with E-state index in [1.807, 2.05) is 42.5 Å². The number of aliphatic hydroxyl groups excluding tert-OH is 1. The Balaban J connectivity index is 1.74. The van der Waals surface area contributed by atoms with E-state index >= 15 is 0 Å². The fourth-order valence-corrected chi connectivity index (χ4v) is 2.66. The molecule has 0 fully saturated rings. The van der Waals surface area contributed by atoms with Crippen molar-refractivity contribution in [3.63, 3.8) is 0 Å². The Morgan fingerprint density at radius 3 is 2.25 bits per heavy atom. The maximum Gasteiger partial charge on any atom is 0.248 e. The standard InChI is InChI=1S/C19H14N2O3/c22-19(23)14-10-8-13(9-11-14)17-20-21-18(24-17)16-7-3-5-12-4-1-2-6-15(12)16/h1-11,19,22-23H. The largest absolute Gasteiger partial charge is 0.416 e. The van der Waals surface area contributed by atoms with Crippen molar-refractivity contribution in [2.45, 2.75) is 6.29 Å². The van der Waals surface area contributed by atoms with E-state index < -0.39 is 6.29 Å². The van der Waals surface area contributed by atoms with Crippen molar-refractivity contribution in [1.82, 2.24) is 10.2 Å². The molecule has 0 saturated carbocycles. The Hall–Kier alpha value is -3.02. The van der Waals surface area contributed by atoms with Crippen LogP contribution in [0.25, 0.3) is 33.7 Å². The van der Waals surface area contributed by atoms with Crippen LogP contribution < -0.4 is 0 Å². The van der Waals surface area contributed by atoms with Crippen LogP contribution in [0.5, 0.6) is 0 Å². The Bertz CT molecular complexity index is 986. The number of aromatic nitrogens is 2. The summed E-state index contributed by atoms with van der Waals surface area (Å²) < 4.78 is 5.82. The number of hydrogen-bond acceptors (Lipinski definition) is 5. The highest BCUT2D eigenvalue weighted by Crippen LogP contribution is 2.30. The summed E-state index contributed by atoms with van der Waals surface area (Å²) in [6.45, 7) is 0. The number of nitrogens with zero attached hydrogens (tertiary/aromatic N) is 2. The molecule has 0 atom stereocenters. The first kappa shape index (κ1) is 14.6. The number of aliphatic hydroxyl groups is 2. The van der Waals surface area contributed by atoms with Crippen molar-refractivity contribution in [3.05, 3.63) is 72.3 Å². The second-order valence-corrected chi connectivity index (χ2v) is 5.43. The molecule has 0 aliphatic carbocycles. The molecular formula is C19H14N2O3. The topological polar surface area (TPSA) is 79.4 Å². The van der Waals surface area contributed by atoms with Gasteiger partial charge in [0.15, 0.2) is 6.29 Å². The van der Waals surface area contributed by atoms with Crippen LogP contribution in [0.4, 0.5) is 0 Å². The lowest BCUT2D eigenvalue weighted by molar-refractivity contribution is -0.0424. The third-order valence-corrected chi connectivity index (χ3v) is 3.90. The van der Waals surface area contributed by atoms with Gasteiger partial charge in [-0.15, -0.1) is 10.2 Å². The lowest BCUT2D eigenvalue weighted by Gasteiger charge is -2.03. The van der Waals surface area contributed by atoms with Gasteiger partial charge >= 0.3 is 0 Å². The van der Waals surface area contributed by atoms with Gasteiger partial charge < -0.3 is 14.6 Å². The maximum atomic E-state index is 9.14. The van der Waals surface area contributed by atoms with Gasteiger partial charge in [0.1, 0.15) is 0 Å². The Labute approximate surface area is 137 Å². The normalized spacial score (nSPS) is 11.3. The molecule has 5 nitrogen and oxygen atoms in total. The molecule has 24 heavy (non-hydrogen) atoms. The van der Waals surface area contributed by atoms with E-state index in [-0.39, 0.29) is 0 Å². The van der Waals surface area contributed by atoms with Gasteiger partial charge in [0.25, 0.3) is 0 Å². The van der Waals surface area contributed by atoms with Gasteiger partial charge in [-0.1, -0.05) is 48.5 Å². The van der Waals surface area contributed by atoms with Crippen molar-refractivity contribution >= 4 is 10.8 Å². The highest BCUT2D eigenvalue weighted by molar-refractivity contribution is 5.94. The number of fused-ring (bicyclic) bond motifs is 1. The quantitative estimate of drug-likeness (QED) is 0.565. The SMILES string of the molecule is OC(O)c1ccc(-c2nnc(-c3cccc4ccccc34)o2)cc1. The lowest BCUT2D eigenvalue weighted by Crippen LogP contribution is -1.93. The molecule has 0 saturated heterocycles. The highest BCUT2D eigenvalue weighted by atomic mass is 16.5. The fraction of sp³-hybridized carbons (Fsp3) is 0.0526. The zero-order valence-electron chi connectivity index (χ0n) is 12.6. The molecule has 118 valence electrons. The molecule has 0 radical (unpaired) electrons. The summed E-state index contributed by atoms with van der Waals surface area (Å²) in [5.41, 5.74) is 2.01. The van der Waals surface area contributed by atoms with E-state index in [1.54, 1.807) is 24.3 Å². The monoisotopic (exact) mass is 318 g/mol. The molecule has 1 aromatic heterocycles. The van der Waals surface area contributed by atoms with Crippen molar-refractivity contribution in [3.8, 4) is 22.9 Å². The van der Waals surface area contributed by atoms with Crippen LogP contribution in [0.1, 0.15) is 11.9 Å². The van der Waals surface area contributed by atoms with Gasteiger partial charge in [-0.05, 0) is 29.0 Å². The van der Waals surface area contributed by atoms with Crippen LogP contribution in [0.15, 0.2) is 71.1 Å². The van der Waals surface area contributed by atoms with Crippen LogP contribution in [0.2, 0.25) is 0 Å². The molecule has 4 rings (SSSR count). The second kappa shape index (κ2) is 5.88. The van der Waals surface area contributed by atoms with Crippen LogP contribution in [0, 0.1) is 0 Å². The zero-order chi connectivity index (χ0) is 16.5. The average molecular weight is 318 g/mol. The highest BCUT2D eigenvalue weighted by Gasteiger charge is 2.13. The second-order valence-electron chi connectivity index (χ2n) is 5.43. The summed E-state index contributed by atoms with van der Waals surface area (Å²) in [4.78, 5) is 0.